The SMILES string of the molecule is CCCNc1cc(-c2c(OC)cccc2OC)ncn1. The van der Waals surface area contributed by atoms with Crippen molar-refractivity contribution in [3.63, 3.8) is 0 Å². The van der Waals surface area contributed by atoms with Gasteiger partial charge in [-0.2, -0.15) is 0 Å². The van der Waals surface area contributed by atoms with Crippen molar-refractivity contribution in [1.82, 2.24) is 9.97 Å². The Labute approximate surface area is 119 Å². The number of hydrogen-bond donors (Lipinski definition) is 1. The number of benzene rings is 1. The molecule has 0 atom stereocenters. The third-order valence-corrected chi connectivity index (χ3v) is 2.91. The molecule has 0 saturated carbocycles. The summed E-state index contributed by atoms with van der Waals surface area (Å²) >= 11 is 0. The summed E-state index contributed by atoms with van der Waals surface area (Å²) in [6.45, 7) is 2.98. The Kier molecular flexibility index (Phi) is 4.76. The molecule has 2 rings (SSSR count). The lowest BCUT2D eigenvalue weighted by molar-refractivity contribution is 0.397. The summed E-state index contributed by atoms with van der Waals surface area (Å²) in [7, 11) is 3.27. The van der Waals surface area contributed by atoms with Crippen LogP contribution in [0, 0.1) is 0 Å². The van der Waals surface area contributed by atoms with Crippen molar-refractivity contribution >= 4 is 5.82 Å². The molecule has 0 radical (unpaired) electrons. The summed E-state index contributed by atoms with van der Waals surface area (Å²) in [5, 5.41) is 3.25. The number of anilines is 1. The van der Waals surface area contributed by atoms with E-state index in [1.165, 1.54) is 0 Å². The van der Waals surface area contributed by atoms with Crippen molar-refractivity contribution in [2.45, 2.75) is 13.3 Å². The molecule has 0 aliphatic carbocycles. The zero-order valence-corrected chi connectivity index (χ0v) is 12.0. The maximum absolute atomic E-state index is 5.40. The van der Waals surface area contributed by atoms with Crippen LogP contribution in [-0.2, 0) is 0 Å². The molecular weight excluding hydrogens is 254 g/mol. The van der Waals surface area contributed by atoms with Gasteiger partial charge in [-0.15, -0.1) is 0 Å². The topological polar surface area (TPSA) is 56.3 Å². The Morgan fingerprint density at radius 2 is 1.80 bits per heavy atom. The van der Waals surface area contributed by atoms with E-state index in [-0.39, 0.29) is 0 Å². The molecule has 5 heteroatoms. The zero-order chi connectivity index (χ0) is 14.4. The van der Waals surface area contributed by atoms with Crippen molar-refractivity contribution in [3.05, 3.63) is 30.6 Å². The van der Waals surface area contributed by atoms with E-state index in [1.54, 1.807) is 20.5 Å². The molecule has 1 aromatic heterocycles. The van der Waals surface area contributed by atoms with Crippen LogP contribution in [0.15, 0.2) is 30.6 Å². The van der Waals surface area contributed by atoms with E-state index in [0.717, 1.165) is 41.5 Å². The molecule has 0 amide bonds. The fraction of sp³-hybridized carbons (Fsp3) is 0.333. The molecule has 1 N–H and O–H groups in total. The molecule has 0 fully saturated rings. The van der Waals surface area contributed by atoms with Gasteiger partial charge >= 0.3 is 0 Å². The van der Waals surface area contributed by atoms with Gasteiger partial charge < -0.3 is 14.8 Å². The maximum Gasteiger partial charge on any atom is 0.132 e. The number of methoxy groups -OCH3 is 2. The van der Waals surface area contributed by atoms with E-state index >= 15 is 0 Å². The van der Waals surface area contributed by atoms with Crippen LogP contribution in [0.5, 0.6) is 11.5 Å². The lowest BCUT2D eigenvalue weighted by Crippen LogP contribution is -2.03. The van der Waals surface area contributed by atoms with E-state index in [2.05, 4.69) is 22.2 Å². The first-order valence-electron chi connectivity index (χ1n) is 6.57. The fourth-order valence-electron chi connectivity index (χ4n) is 1.95. The van der Waals surface area contributed by atoms with E-state index < -0.39 is 0 Å². The number of ether oxygens (including phenoxy) is 2. The first-order chi connectivity index (χ1) is 9.80. The minimum atomic E-state index is 0.726. The van der Waals surface area contributed by atoms with Crippen molar-refractivity contribution in [3.8, 4) is 22.8 Å². The molecule has 2 aromatic rings. The van der Waals surface area contributed by atoms with Crippen LogP contribution in [0.3, 0.4) is 0 Å². The molecule has 0 spiro atoms. The molecule has 0 saturated heterocycles. The van der Waals surface area contributed by atoms with Crippen LogP contribution in [0.4, 0.5) is 5.82 Å². The van der Waals surface area contributed by atoms with Gasteiger partial charge in [0.2, 0.25) is 0 Å². The smallest absolute Gasteiger partial charge is 0.132 e. The third kappa shape index (κ3) is 2.99. The molecule has 1 heterocycles. The number of rotatable bonds is 6. The summed E-state index contributed by atoms with van der Waals surface area (Å²) in [6, 6.07) is 7.56. The number of nitrogens with zero attached hydrogens (tertiary/aromatic N) is 2. The van der Waals surface area contributed by atoms with Crippen molar-refractivity contribution in [2.24, 2.45) is 0 Å². The fourth-order valence-corrected chi connectivity index (χ4v) is 1.95. The largest absolute Gasteiger partial charge is 0.496 e. The van der Waals surface area contributed by atoms with Gasteiger partial charge in [0.1, 0.15) is 23.6 Å². The van der Waals surface area contributed by atoms with E-state index in [0.29, 0.717) is 0 Å². The molecule has 0 aliphatic heterocycles. The first-order valence-corrected chi connectivity index (χ1v) is 6.57. The Bertz CT molecular complexity index is 551. The lowest BCUT2D eigenvalue weighted by Gasteiger charge is -2.13. The van der Waals surface area contributed by atoms with Gasteiger partial charge in [0, 0.05) is 12.6 Å². The average Bonchev–Trinajstić information content (AvgIpc) is 2.52. The molecule has 0 unspecified atom stereocenters. The lowest BCUT2D eigenvalue weighted by atomic mass is 10.1. The molecule has 1 aromatic carbocycles. The van der Waals surface area contributed by atoms with Gasteiger partial charge in [-0.25, -0.2) is 9.97 Å². The van der Waals surface area contributed by atoms with Crippen LogP contribution in [0.1, 0.15) is 13.3 Å². The molecular formula is C15H19N3O2. The van der Waals surface area contributed by atoms with E-state index in [9.17, 15) is 0 Å². The number of nitrogens with one attached hydrogen (secondary N) is 1. The monoisotopic (exact) mass is 273 g/mol. The molecule has 20 heavy (non-hydrogen) atoms. The van der Waals surface area contributed by atoms with Crippen LogP contribution in [0.2, 0.25) is 0 Å². The van der Waals surface area contributed by atoms with Gasteiger partial charge in [0.25, 0.3) is 0 Å². The summed E-state index contributed by atoms with van der Waals surface area (Å²) < 4.78 is 10.8. The minimum Gasteiger partial charge on any atom is -0.496 e. The van der Waals surface area contributed by atoms with Crippen LogP contribution < -0.4 is 14.8 Å². The van der Waals surface area contributed by atoms with Crippen molar-refractivity contribution in [1.29, 1.82) is 0 Å². The highest BCUT2D eigenvalue weighted by atomic mass is 16.5. The number of hydrogen-bond acceptors (Lipinski definition) is 5. The highest BCUT2D eigenvalue weighted by Crippen LogP contribution is 2.37. The van der Waals surface area contributed by atoms with Crippen LogP contribution in [-0.4, -0.2) is 30.7 Å². The quantitative estimate of drug-likeness (QED) is 0.876. The molecule has 0 bridgehead atoms. The second-order valence-electron chi connectivity index (χ2n) is 4.25. The predicted octanol–water partition coefficient (Wildman–Crippen LogP) is 2.98. The second kappa shape index (κ2) is 6.75. The normalized spacial score (nSPS) is 10.2. The highest BCUT2D eigenvalue weighted by Gasteiger charge is 2.14. The van der Waals surface area contributed by atoms with Crippen LogP contribution in [0.25, 0.3) is 11.3 Å². The minimum absolute atomic E-state index is 0.726. The van der Waals surface area contributed by atoms with Gasteiger partial charge in [-0.05, 0) is 18.6 Å². The summed E-state index contributed by atoms with van der Waals surface area (Å²) in [6.07, 6.45) is 2.58. The first kappa shape index (κ1) is 14.1. The molecule has 106 valence electrons. The van der Waals surface area contributed by atoms with Gasteiger partial charge in [0.15, 0.2) is 0 Å². The molecule has 0 aliphatic rings. The average molecular weight is 273 g/mol. The van der Waals surface area contributed by atoms with Crippen molar-refractivity contribution < 1.29 is 9.47 Å². The van der Waals surface area contributed by atoms with E-state index in [4.69, 9.17) is 9.47 Å². The summed E-state index contributed by atoms with van der Waals surface area (Å²) in [4.78, 5) is 8.53. The zero-order valence-electron chi connectivity index (χ0n) is 12.0. The van der Waals surface area contributed by atoms with Gasteiger partial charge in [-0.1, -0.05) is 13.0 Å². The summed E-state index contributed by atoms with van der Waals surface area (Å²) in [5.74, 6) is 2.25. The Hall–Kier alpha value is -2.30. The highest BCUT2D eigenvalue weighted by molar-refractivity contribution is 5.75. The predicted molar refractivity (Wildman–Crippen MR) is 79.4 cm³/mol. The van der Waals surface area contributed by atoms with E-state index in [1.807, 2.05) is 24.3 Å². The Morgan fingerprint density at radius 1 is 1.10 bits per heavy atom. The van der Waals surface area contributed by atoms with Gasteiger partial charge in [0.05, 0.1) is 25.5 Å². The Morgan fingerprint density at radius 3 is 2.40 bits per heavy atom. The molecule has 5 nitrogen and oxygen atoms in total. The second-order valence-corrected chi connectivity index (χ2v) is 4.25. The summed E-state index contributed by atoms with van der Waals surface area (Å²) in [5.41, 5.74) is 1.60. The standard InChI is InChI=1S/C15H19N3O2/c1-4-8-16-14-9-11(17-10-18-14)15-12(19-2)6-5-7-13(15)20-3/h5-7,9-10H,4,8H2,1-3H3,(H,16,17,18). The van der Waals surface area contributed by atoms with Crippen molar-refractivity contribution in [2.75, 3.05) is 26.1 Å². The third-order valence-electron chi connectivity index (χ3n) is 2.91. The Balaban J connectivity index is 2.45. The maximum atomic E-state index is 5.40. The van der Waals surface area contributed by atoms with Gasteiger partial charge in [-0.3, -0.25) is 0 Å². The van der Waals surface area contributed by atoms with Crippen LogP contribution >= 0.6 is 0 Å². The number of aromatic nitrogens is 2.